The van der Waals surface area contributed by atoms with Gasteiger partial charge in [0, 0.05) is 78.2 Å². The molecule has 0 saturated heterocycles. The number of aromatic nitrogens is 3. The average molecular weight is 1280 g/mol. The van der Waals surface area contributed by atoms with Crippen molar-refractivity contribution in [2.45, 2.75) is 31.6 Å². The van der Waals surface area contributed by atoms with E-state index in [0.29, 0.717) is 30.6 Å². The highest BCUT2D eigenvalue weighted by atomic mass is 15.3. The van der Waals surface area contributed by atoms with Crippen LogP contribution in [0.15, 0.2) is 348 Å². The van der Waals surface area contributed by atoms with E-state index in [0.717, 1.165) is 138 Å². The van der Waals surface area contributed by atoms with E-state index < -0.39 is 0 Å². The normalized spacial score (nSPS) is 14.9. The van der Waals surface area contributed by atoms with E-state index in [1.54, 1.807) is 0 Å². The van der Waals surface area contributed by atoms with Crippen LogP contribution in [0.4, 0.5) is 0 Å². The van der Waals surface area contributed by atoms with Crippen LogP contribution in [0.5, 0.6) is 0 Å². The van der Waals surface area contributed by atoms with Crippen LogP contribution in [-0.4, -0.2) is 37.0 Å². The first kappa shape index (κ1) is 60.0. The zero-order valence-corrected chi connectivity index (χ0v) is 54.1. The van der Waals surface area contributed by atoms with Crippen molar-refractivity contribution in [1.29, 1.82) is 0 Å². The minimum absolute atomic E-state index is 0.200. The van der Waals surface area contributed by atoms with Crippen molar-refractivity contribution in [3.05, 3.63) is 378 Å². The molecule has 0 amide bonds. The number of nitrogens with two attached hydrogens (primary N) is 2. The summed E-state index contributed by atoms with van der Waals surface area (Å²) in [5.74, 6) is 2.21. The molecule has 0 radical (unpaired) electrons. The molecule has 0 spiro atoms. The predicted octanol–water partition coefficient (Wildman–Crippen LogP) is 17.9. The third kappa shape index (κ3) is 11.6. The molecule has 0 fully saturated rings. The maximum Gasteiger partial charge on any atom is 0.157 e. The number of benzene rings is 13. The molecular weight excluding hydrogens is 1210 g/mol. The summed E-state index contributed by atoms with van der Waals surface area (Å²) in [5.41, 5.74) is 32.2. The Morgan fingerprint density at radius 3 is 1.48 bits per heavy atom. The van der Waals surface area contributed by atoms with Gasteiger partial charge in [0.05, 0.1) is 39.6 Å². The Morgan fingerprint density at radius 1 is 0.404 bits per heavy atom. The van der Waals surface area contributed by atoms with Crippen LogP contribution < -0.4 is 27.4 Å². The number of nitrogens with one attached hydrogen (secondary N) is 3. The van der Waals surface area contributed by atoms with Crippen molar-refractivity contribution in [2.75, 3.05) is 0 Å². The number of hydrogen-bond donors (Lipinski definition) is 5. The van der Waals surface area contributed by atoms with Crippen molar-refractivity contribution < 1.29 is 0 Å². The summed E-state index contributed by atoms with van der Waals surface area (Å²) in [6, 6.07) is 115. The second kappa shape index (κ2) is 26.1. The Hall–Kier alpha value is -12.7. The maximum absolute atomic E-state index is 7.12. The summed E-state index contributed by atoms with van der Waals surface area (Å²) in [7, 11) is 0. The van der Waals surface area contributed by atoms with Crippen LogP contribution in [0, 0.1) is 0 Å². The minimum Gasteiger partial charge on any atom is -0.383 e. The molecule has 476 valence electrons. The fraction of sp³-hybridized carbons (Fsp3) is 0.0575. The second-order valence-corrected chi connectivity index (χ2v) is 25.1. The van der Waals surface area contributed by atoms with Crippen LogP contribution in [-0.2, 0) is 13.1 Å². The second-order valence-electron chi connectivity index (χ2n) is 25.1. The zero-order valence-electron chi connectivity index (χ0n) is 54.1. The molecule has 12 heteroatoms. The molecule has 7 N–H and O–H groups in total. The molecule has 16 aromatic rings. The van der Waals surface area contributed by atoms with E-state index in [1.165, 1.54) is 0 Å². The van der Waals surface area contributed by atoms with Gasteiger partial charge in [-0.2, -0.15) is 0 Å². The number of aliphatic imine (C=N–C) groups is 4. The Bertz CT molecular complexity index is 5800. The lowest BCUT2D eigenvalue weighted by Crippen LogP contribution is -2.44. The van der Waals surface area contributed by atoms with Crippen LogP contribution >= 0.6 is 0 Å². The summed E-state index contributed by atoms with van der Waals surface area (Å²) in [4.78, 5) is 20.6. The van der Waals surface area contributed by atoms with Gasteiger partial charge >= 0.3 is 0 Å². The van der Waals surface area contributed by atoms with E-state index >= 15 is 0 Å². The van der Waals surface area contributed by atoms with Crippen LogP contribution in [0.3, 0.4) is 0 Å². The molecule has 3 aromatic heterocycles. The highest BCUT2D eigenvalue weighted by Gasteiger charge is 2.27. The fourth-order valence-corrected chi connectivity index (χ4v) is 14.1. The smallest absolute Gasteiger partial charge is 0.157 e. The highest BCUT2D eigenvalue weighted by molar-refractivity contribution is 6.23. The first-order valence-electron chi connectivity index (χ1n) is 33.5. The monoisotopic (exact) mass is 1280 g/mol. The maximum atomic E-state index is 7.12. The summed E-state index contributed by atoms with van der Waals surface area (Å²) in [6.07, 6.45) is -0.883. The molecule has 99 heavy (non-hydrogen) atoms. The van der Waals surface area contributed by atoms with Crippen molar-refractivity contribution in [3.8, 4) is 17.1 Å². The number of amidine groups is 4. The number of fused-ring (bicyclic) bond motifs is 9. The Labute approximate surface area is 572 Å². The molecule has 0 aliphatic carbocycles. The molecule has 13 aromatic carbocycles. The van der Waals surface area contributed by atoms with Crippen LogP contribution in [0.25, 0.3) is 82.5 Å². The van der Waals surface area contributed by atoms with Gasteiger partial charge in [0.2, 0.25) is 0 Å². The number of hydrogen-bond acceptors (Lipinski definition) is 6. The van der Waals surface area contributed by atoms with Gasteiger partial charge in [-0.05, 0) is 101 Å². The molecule has 4 heterocycles. The zero-order chi connectivity index (χ0) is 66.2. The lowest BCUT2D eigenvalue weighted by atomic mass is 10.1. The predicted molar refractivity (Wildman–Crippen MR) is 408 cm³/mol. The molecule has 17 rings (SSSR count). The first-order valence-corrected chi connectivity index (χ1v) is 33.5. The molecular formula is C87H68N12. The lowest BCUT2D eigenvalue weighted by Gasteiger charge is -2.32. The average Bonchev–Trinajstić information content (AvgIpc) is 1.54. The number of nitrogens with zero attached hydrogens (tertiary/aromatic N) is 7. The Balaban J connectivity index is 0.842. The van der Waals surface area contributed by atoms with Crippen molar-refractivity contribution in [2.24, 2.45) is 31.4 Å². The van der Waals surface area contributed by atoms with E-state index in [2.05, 4.69) is 248 Å². The molecule has 1 aliphatic heterocycles. The van der Waals surface area contributed by atoms with Gasteiger partial charge in [0.1, 0.15) is 36.0 Å². The summed E-state index contributed by atoms with van der Waals surface area (Å²) < 4.78 is 7.26. The summed E-state index contributed by atoms with van der Waals surface area (Å²) in [5, 5.41) is 18.1. The molecule has 3 atom stereocenters. The quantitative estimate of drug-likeness (QED) is 0.0482. The SMILES string of the molecule is NC(=NC(=NCc1ccccc1)c1ccccc1)c1cccc(-n2c3ccccc3c3cc4c(cc32)c2cc3c(cc2n4-c2cccc(C4=NC(c5ccccc5)NC(c5ccccc5)N4)c2)c2ccccc2n3-c2cccc(CNC(/N=C(\N)c3ccccc3)c3ccccc3)c2)c1. The largest absolute Gasteiger partial charge is 0.383 e. The highest BCUT2D eigenvalue weighted by Crippen LogP contribution is 2.44. The van der Waals surface area contributed by atoms with Gasteiger partial charge in [0.15, 0.2) is 5.84 Å². The van der Waals surface area contributed by atoms with Crippen molar-refractivity contribution >= 4 is 88.8 Å². The molecule has 1 aliphatic rings. The first-order chi connectivity index (χ1) is 48.9. The van der Waals surface area contributed by atoms with Gasteiger partial charge < -0.3 is 30.5 Å². The van der Waals surface area contributed by atoms with Crippen molar-refractivity contribution in [3.63, 3.8) is 0 Å². The van der Waals surface area contributed by atoms with E-state index in [1.807, 2.05) is 109 Å². The van der Waals surface area contributed by atoms with Gasteiger partial charge in [-0.25, -0.2) is 15.0 Å². The van der Waals surface area contributed by atoms with Gasteiger partial charge in [0.25, 0.3) is 0 Å². The standard InChI is InChI=1S/C87H68N12/c88-81(59-29-9-2-10-30-59)92-84(61-33-13-4-14-34-61)91-56-58-28-23-41-66(48-58)97-75-46-21-19-44-69(75)71-51-79-73(53-77(71)97)74-54-78-72(52-80(74)99(79)68-43-25-40-65(50-68)87-95-85(62-35-15-5-16-36-62)94-86(96-87)63-37-17-6-18-38-63)70-45-20-22-47-76(70)98(78)67-42-24-39-64(49-67)82(89)93-83(60-31-11-3-12-32-60)90-55-57-26-7-1-8-27-57/h1-54,84-86,91,94H,55-56H2,(H2,88,92)(H,95,96)(H2,89,90,93). The van der Waals surface area contributed by atoms with E-state index in [4.69, 9.17) is 31.4 Å². The third-order valence-corrected chi connectivity index (χ3v) is 18.9. The lowest BCUT2D eigenvalue weighted by molar-refractivity contribution is 0.409. The van der Waals surface area contributed by atoms with E-state index in [9.17, 15) is 0 Å². The Morgan fingerprint density at radius 2 is 0.869 bits per heavy atom. The molecule has 0 bridgehead atoms. The van der Waals surface area contributed by atoms with Gasteiger partial charge in [-0.1, -0.05) is 255 Å². The Kier molecular flexibility index (Phi) is 15.8. The third-order valence-electron chi connectivity index (χ3n) is 18.9. The summed E-state index contributed by atoms with van der Waals surface area (Å²) in [6.45, 7) is 1.00. The molecule has 0 saturated carbocycles. The van der Waals surface area contributed by atoms with E-state index in [-0.39, 0.29) is 18.5 Å². The van der Waals surface area contributed by atoms with Crippen molar-refractivity contribution in [1.82, 2.24) is 29.7 Å². The molecule has 12 nitrogen and oxygen atoms in total. The fourth-order valence-electron chi connectivity index (χ4n) is 14.1. The summed E-state index contributed by atoms with van der Waals surface area (Å²) >= 11 is 0. The van der Waals surface area contributed by atoms with Gasteiger partial charge in [-0.15, -0.1) is 0 Å². The number of para-hydroxylation sites is 2. The topological polar surface area (TPSA) is 152 Å². The minimum atomic E-state index is -0.388. The van der Waals surface area contributed by atoms with Gasteiger partial charge in [-0.3, -0.25) is 15.6 Å². The van der Waals surface area contributed by atoms with Crippen LogP contribution in [0.1, 0.15) is 68.6 Å². The number of rotatable bonds is 16. The molecule has 3 unspecified atom stereocenters. The van der Waals surface area contributed by atoms with Crippen LogP contribution in [0.2, 0.25) is 0 Å².